The second-order valence-electron chi connectivity index (χ2n) is 8.24. The van der Waals surface area contributed by atoms with Crippen molar-refractivity contribution in [2.75, 3.05) is 11.4 Å². The Balaban J connectivity index is 1.65. The molecule has 180 valence electrons. The van der Waals surface area contributed by atoms with Crippen molar-refractivity contribution in [3.63, 3.8) is 0 Å². The zero-order valence-corrected chi connectivity index (χ0v) is 18.1. The Morgan fingerprint density at radius 3 is 2.60 bits per heavy atom. The van der Waals surface area contributed by atoms with Gasteiger partial charge < -0.3 is 4.90 Å². The summed E-state index contributed by atoms with van der Waals surface area (Å²) in [6.45, 7) is 0.827. The number of anilines is 2. The van der Waals surface area contributed by atoms with Crippen LogP contribution < -0.4 is 4.90 Å². The van der Waals surface area contributed by atoms with Gasteiger partial charge in [-0.05, 0) is 44.0 Å². The van der Waals surface area contributed by atoms with Gasteiger partial charge in [-0.2, -0.15) is 18.2 Å². The van der Waals surface area contributed by atoms with E-state index in [1.54, 1.807) is 11.3 Å². The number of rotatable bonds is 4. The second-order valence-corrected chi connectivity index (χ2v) is 8.24. The van der Waals surface area contributed by atoms with E-state index >= 15 is 0 Å². The second kappa shape index (κ2) is 8.11. The van der Waals surface area contributed by atoms with Crippen molar-refractivity contribution >= 4 is 28.2 Å². The number of nitrogens with zero attached hydrogens (tertiary/aromatic N) is 6. The quantitative estimate of drug-likeness (QED) is 0.290. The van der Waals surface area contributed by atoms with E-state index in [4.69, 9.17) is 0 Å². The Morgan fingerprint density at radius 2 is 1.91 bits per heavy atom. The first-order valence-electron chi connectivity index (χ1n) is 10.5. The standard InChI is InChI=1S/C23H16F6N6/c1-13-32-33-21-31-20(17-9-15(24)2-3-18(17)35(13)21)34(12-19(25)26)16-8-14(10-30-11-16)4-5-22(6-7-22)23(27,28)29/h2-3,8-11,19H,6-7,12H2,1H3. The van der Waals surface area contributed by atoms with Crippen LogP contribution in [0.15, 0.2) is 36.7 Å². The molecule has 1 fully saturated rings. The van der Waals surface area contributed by atoms with E-state index < -0.39 is 30.4 Å². The Morgan fingerprint density at radius 1 is 1.14 bits per heavy atom. The highest BCUT2D eigenvalue weighted by molar-refractivity contribution is 5.93. The number of alkyl halides is 5. The molecule has 5 rings (SSSR count). The summed E-state index contributed by atoms with van der Waals surface area (Å²) in [4.78, 5) is 9.45. The van der Waals surface area contributed by atoms with E-state index in [9.17, 15) is 26.3 Å². The molecule has 0 saturated heterocycles. The van der Waals surface area contributed by atoms with Crippen LogP contribution in [0, 0.1) is 30.0 Å². The number of benzene rings is 1. The highest BCUT2D eigenvalue weighted by Crippen LogP contribution is 2.57. The van der Waals surface area contributed by atoms with Crippen LogP contribution in [0.1, 0.15) is 24.2 Å². The molecule has 35 heavy (non-hydrogen) atoms. The van der Waals surface area contributed by atoms with Gasteiger partial charge >= 0.3 is 6.18 Å². The number of pyridine rings is 1. The van der Waals surface area contributed by atoms with Crippen molar-refractivity contribution in [3.05, 3.63) is 53.9 Å². The summed E-state index contributed by atoms with van der Waals surface area (Å²) >= 11 is 0. The average Bonchev–Trinajstić information content (AvgIpc) is 3.53. The molecule has 0 bridgehead atoms. The molecule has 0 unspecified atom stereocenters. The van der Waals surface area contributed by atoms with Crippen LogP contribution in [-0.4, -0.2) is 43.7 Å². The number of aromatic nitrogens is 5. The van der Waals surface area contributed by atoms with E-state index in [1.165, 1.54) is 30.6 Å². The number of aryl methyl sites for hydroxylation is 1. The van der Waals surface area contributed by atoms with Gasteiger partial charge in [0.2, 0.25) is 0 Å². The molecule has 1 saturated carbocycles. The summed E-state index contributed by atoms with van der Waals surface area (Å²) in [5.41, 5.74) is -1.38. The number of fused-ring (bicyclic) bond motifs is 3. The molecular formula is C23H16F6N6. The SMILES string of the molecule is Cc1nnc2nc(N(CC(F)F)c3cncc(C#CC4(C(F)(F)F)CC4)c3)c3cc(F)ccc3n12. The summed E-state index contributed by atoms with van der Waals surface area (Å²) in [5.74, 6) is 4.69. The smallest absolute Gasteiger partial charge is 0.318 e. The molecule has 0 atom stereocenters. The molecule has 1 aromatic carbocycles. The topological polar surface area (TPSA) is 59.2 Å². The van der Waals surface area contributed by atoms with Crippen molar-refractivity contribution in [3.8, 4) is 11.8 Å². The Kier molecular flexibility index (Phi) is 5.30. The predicted octanol–water partition coefficient (Wildman–Crippen LogP) is 5.22. The average molecular weight is 490 g/mol. The highest BCUT2D eigenvalue weighted by Gasteiger charge is 2.62. The first-order valence-corrected chi connectivity index (χ1v) is 10.5. The lowest BCUT2D eigenvalue weighted by molar-refractivity contribution is -0.168. The minimum Gasteiger partial charge on any atom is -0.318 e. The van der Waals surface area contributed by atoms with Gasteiger partial charge in [0.15, 0.2) is 0 Å². The first-order chi connectivity index (χ1) is 16.6. The summed E-state index contributed by atoms with van der Waals surface area (Å²) in [7, 11) is 0. The number of halogens is 6. The lowest BCUT2D eigenvalue weighted by Gasteiger charge is -2.25. The molecule has 3 heterocycles. The van der Waals surface area contributed by atoms with E-state index in [0.29, 0.717) is 11.3 Å². The van der Waals surface area contributed by atoms with Gasteiger partial charge in [-0.1, -0.05) is 11.8 Å². The van der Waals surface area contributed by atoms with Gasteiger partial charge in [-0.3, -0.25) is 9.38 Å². The zero-order valence-electron chi connectivity index (χ0n) is 18.1. The van der Waals surface area contributed by atoms with Crippen LogP contribution in [-0.2, 0) is 0 Å². The maximum atomic E-state index is 14.2. The third-order valence-electron chi connectivity index (χ3n) is 5.80. The minimum atomic E-state index is -4.45. The van der Waals surface area contributed by atoms with E-state index in [1.807, 2.05) is 0 Å². The van der Waals surface area contributed by atoms with Gasteiger partial charge in [0.25, 0.3) is 12.2 Å². The zero-order chi connectivity index (χ0) is 25.0. The first kappa shape index (κ1) is 22.9. The Bertz CT molecular complexity index is 1500. The largest absolute Gasteiger partial charge is 0.405 e. The van der Waals surface area contributed by atoms with Crippen LogP contribution in [0.4, 0.5) is 37.8 Å². The van der Waals surface area contributed by atoms with Gasteiger partial charge in [0.05, 0.1) is 23.9 Å². The predicted molar refractivity (Wildman–Crippen MR) is 115 cm³/mol. The van der Waals surface area contributed by atoms with Crippen LogP contribution in [0.3, 0.4) is 0 Å². The molecule has 0 N–H and O–H groups in total. The van der Waals surface area contributed by atoms with E-state index in [-0.39, 0.29) is 41.1 Å². The Labute approximate surface area is 194 Å². The molecule has 3 aromatic heterocycles. The van der Waals surface area contributed by atoms with Gasteiger partial charge in [0.1, 0.15) is 22.9 Å². The van der Waals surface area contributed by atoms with Gasteiger partial charge in [0, 0.05) is 17.1 Å². The van der Waals surface area contributed by atoms with Gasteiger partial charge in [-0.15, -0.1) is 10.2 Å². The maximum absolute atomic E-state index is 14.2. The fourth-order valence-corrected chi connectivity index (χ4v) is 3.84. The van der Waals surface area contributed by atoms with Crippen LogP contribution in [0.2, 0.25) is 0 Å². The molecule has 0 amide bonds. The Hall–Kier alpha value is -3.88. The van der Waals surface area contributed by atoms with E-state index in [0.717, 1.165) is 11.0 Å². The fraction of sp³-hybridized carbons (Fsp3) is 0.304. The molecular weight excluding hydrogens is 474 g/mol. The summed E-state index contributed by atoms with van der Waals surface area (Å²) in [5, 5.41) is 8.13. The highest BCUT2D eigenvalue weighted by atomic mass is 19.4. The van der Waals surface area contributed by atoms with Crippen LogP contribution in [0.5, 0.6) is 0 Å². The summed E-state index contributed by atoms with van der Waals surface area (Å²) in [6, 6.07) is 5.19. The number of hydrogen-bond acceptors (Lipinski definition) is 5. The van der Waals surface area contributed by atoms with Crippen LogP contribution in [0.25, 0.3) is 16.7 Å². The van der Waals surface area contributed by atoms with Crippen LogP contribution >= 0.6 is 0 Å². The van der Waals surface area contributed by atoms with Crippen molar-refractivity contribution in [2.45, 2.75) is 32.4 Å². The third-order valence-corrected chi connectivity index (χ3v) is 5.80. The lowest BCUT2D eigenvalue weighted by atomic mass is 10.1. The molecule has 0 spiro atoms. The summed E-state index contributed by atoms with van der Waals surface area (Å²) < 4.78 is 82.7. The molecule has 4 aromatic rings. The maximum Gasteiger partial charge on any atom is 0.405 e. The summed E-state index contributed by atoms with van der Waals surface area (Å²) in [6.07, 6.45) is -4.95. The molecule has 6 nitrogen and oxygen atoms in total. The number of hydrogen-bond donors (Lipinski definition) is 0. The molecule has 0 aliphatic heterocycles. The van der Waals surface area contributed by atoms with Crippen molar-refractivity contribution in [2.24, 2.45) is 5.41 Å². The van der Waals surface area contributed by atoms with E-state index in [2.05, 4.69) is 32.0 Å². The monoisotopic (exact) mass is 490 g/mol. The fourth-order valence-electron chi connectivity index (χ4n) is 3.84. The molecule has 0 radical (unpaired) electrons. The van der Waals surface area contributed by atoms with Crippen molar-refractivity contribution in [1.82, 2.24) is 24.6 Å². The van der Waals surface area contributed by atoms with Gasteiger partial charge in [-0.25, -0.2) is 13.2 Å². The molecule has 1 aliphatic rings. The lowest BCUT2D eigenvalue weighted by Crippen LogP contribution is -2.25. The van der Waals surface area contributed by atoms with Crippen molar-refractivity contribution < 1.29 is 26.3 Å². The van der Waals surface area contributed by atoms with Crippen molar-refractivity contribution in [1.29, 1.82) is 0 Å². The minimum absolute atomic E-state index is 0.0273. The third kappa shape index (κ3) is 4.11. The molecule has 1 aliphatic carbocycles. The normalized spacial score (nSPS) is 14.9. The molecule has 12 heteroatoms.